The first-order valence-electron chi connectivity index (χ1n) is 12.1. The summed E-state index contributed by atoms with van der Waals surface area (Å²) in [6.07, 6.45) is 2.04. The van der Waals surface area contributed by atoms with Gasteiger partial charge >= 0.3 is 5.69 Å². The van der Waals surface area contributed by atoms with Gasteiger partial charge in [-0.05, 0) is 24.8 Å². The van der Waals surface area contributed by atoms with Crippen molar-refractivity contribution in [2.45, 2.75) is 66.0 Å². The Labute approximate surface area is 194 Å². The van der Waals surface area contributed by atoms with E-state index in [0.717, 1.165) is 25.9 Å². The molecule has 3 rings (SSSR count). The molecule has 182 valence electrons. The fourth-order valence-electron chi connectivity index (χ4n) is 4.69. The first kappa shape index (κ1) is 25.1. The Morgan fingerprint density at radius 2 is 1.85 bits per heavy atom. The van der Waals surface area contributed by atoms with Gasteiger partial charge in [0.05, 0.1) is 24.2 Å². The number of morpholine rings is 1. The number of aromatic amines is 1. The van der Waals surface area contributed by atoms with Crippen molar-refractivity contribution in [3.63, 3.8) is 0 Å². The number of ether oxygens (including phenoxy) is 1. The molecule has 9 nitrogen and oxygen atoms in total. The van der Waals surface area contributed by atoms with Crippen molar-refractivity contribution in [3.05, 3.63) is 38.2 Å². The normalized spacial score (nSPS) is 16.0. The molecule has 1 unspecified atom stereocenters. The van der Waals surface area contributed by atoms with Gasteiger partial charge in [-0.2, -0.15) is 0 Å². The summed E-state index contributed by atoms with van der Waals surface area (Å²) in [5, 5.41) is 3.25. The molecule has 2 N–H and O–H groups in total. The third-order valence-corrected chi connectivity index (χ3v) is 6.70. The Kier molecular flexibility index (Phi) is 8.42. The van der Waals surface area contributed by atoms with Gasteiger partial charge in [0, 0.05) is 37.9 Å². The number of nitrogens with one attached hydrogen (secondary N) is 2. The summed E-state index contributed by atoms with van der Waals surface area (Å²) in [6, 6.07) is 1.88. The van der Waals surface area contributed by atoms with Crippen LogP contribution in [0.3, 0.4) is 0 Å². The molecule has 0 aliphatic carbocycles. The monoisotopic (exact) mass is 459 g/mol. The van der Waals surface area contributed by atoms with Crippen LogP contribution in [0.15, 0.2) is 15.7 Å². The minimum atomic E-state index is -0.586. The number of pyridine rings is 1. The summed E-state index contributed by atoms with van der Waals surface area (Å²) < 4.78 is 6.92. The van der Waals surface area contributed by atoms with Crippen molar-refractivity contribution in [1.29, 1.82) is 0 Å². The van der Waals surface area contributed by atoms with Crippen LogP contribution >= 0.6 is 0 Å². The third kappa shape index (κ3) is 5.35. The minimum Gasteiger partial charge on any atom is -0.379 e. The number of rotatable bonds is 9. The van der Waals surface area contributed by atoms with E-state index in [0.29, 0.717) is 37.9 Å². The average Bonchev–Trinajstić information content (AvgIpc) is 2.81. The topological polar surface area (TPSA) is 109 Å². The van der Waals surface area contributed by atoms with Gasteiger partial charge in [0.2, 0.25) is 0 Å². The van der Waals surface area contributed by atoms with Gasteiger partial charge in [-0.25, -0.2) is 9.78 Å². The van der Waals surface area contributed by atoms with E-state index in [1.54, 1.807) is 6.07 Å². The zero-order chi connectivity index (χ0) is 24.1. The second-order valence-corrected chi connectivity index (χ2v) is 8.95. The highest BCUT2D eigenvalue weighted by atomic mass is 16.5. The quantitative estimate of drug-likeness (QED) is 0.594. The second kappa shape index (κ2) is 11.1. The summed E-state index contributed by atoms with van der Waals surface area (Å²) in [5.74, 6) is 0.157. The smallest absolute Gasteiger partial charge is 0.329 e. The van der Waals surface area contributed by atoms with Crippen molar-refractivity contribution >= 4 is 16.9 Å². The highest BCUT2D eigenvalue weighted by Gasteiger charge is 2.28. The molecule has 0 spiro atoms. The van der Waals surface area contributed by atoms with Gasteiger partial charge in [-0.1, -0.05) is 40.5 Å². The van der Waals surface area contributed by atoms with Crippen molar-refractivity contribution in [3.8, 4) is 0 Å². The number of carbonyl (C=O) groups is 1. The fraction of sp³-hybridized carbons (Fsp3) is 0.667. The summed E-state index contributed by atoms with van der Waals surface area (Å²) >= 11 is 0. The molecule has 2 aromatic heterocycles. The molecule has 1 amide bonds. The van der Waals surface area contributed by atoms with Crippen LogP contribution in [0.25, 0.3) is 11.0 Å². The zero-order valence-corrected chi connectivity index (χ0v) is 20.4. The number of aryl methyl sites for hydroxylation is 1. The molecule has 1 saturated heterocycles. The van der Waals surface area contributed by atoms with Crippen LogP contribution in [0.1, 0.15) is 69.4 Å². The van der Waals surface area contributed by atoms with Crippen LogP contribution in [-0.4, -0.2) is 64.2 Å². The van der Waals surface area contributed by atoms with Gasteiger partial charge < -0.3 is 10.1 Å². The van der Waals surface area contributed by atoms with Crippen LogP contribution < -0.4 is 16.6 Å². The van der Waals surface area contributed by atoms with Crippen molar-refractivity contribution < 1.29 is 9.53 Å². The Morgan fingerprint density at radius 1 is 1.18 bits per heavy atom. The first-order chi connectivity index (χ1) is 15.8. The van der Waals surface area contributed by atoms with Gasteiger partial charge in [0.1, 0.15) is 0 Å². The molecule has 3 heterocycles. The van der Waals surface area contributed by atoms with Crippen molar-refractivity contribution in [2.75, 3.05) is 32.8 Å². The van der Waals surface area contributed by atoms with E-state index in [-0.39, 0.29) is 34.5 Å². The molecule has 2 aromatic rings. The molecular formula is C24H37N5O4. The van der Waals surface area contributed by atoms with E-state index in [4.69, 9.17) is 4.74 Å². The average molecular weight is 460 g/mol. The van der Waals surface area contributed by atoms with Gasteiger partial charge in [-0.15, -0.1) is 0 Å². The Bertz CT molecular complexity index is 1080. The Balaban J connectivity index is 2.00. The SMILES string of the molecule is CCC(CC)C(CNC(=O)c1cc(C(C)C)nc2c1c(=O)[nH]c(=O)n2CC)N1CCOCC1. The third-order valence-electron chi connectivity index (χ3n) is 6.70. The summed E-state index contributed by atoms with van der Waals surface area (Å²) in [4.78, 5) is 47.8. The lowest BCUT2D eigenvalue weighted by molar-refractivity contribution is 0.00191. The van der Waals surface area contributed by atoms with Crippen LogP contribution in [0, 0.1) is 5.92 Å². The minimum absolute atomic E-state index is 0.0336. The Morgan fingerprint density at radius 3 is 2.42 bits per heavy atom. The van der Waals surface area contributed by atoms with Crippen molar-refractivity contribution in [1.82, 2.24) is 24.8 Å². The maximum absolute atomic E-state index is 13.4. The highest BCUT2D eigenvalue weighted by Crippen LogP contribution is 2.22. The van der Waals surface area contributed by atoms with E-state index in [1.807, 2.05) is 20.8 Å². The van der Waals surface area contributed by atoms with Crippen LogP contribution in [0.5, 0.6) is 0 Å². The lowest BCUT2D eigenvalue weighted by atomic mass is 9.92. The number of H-pyrrole nitrogens is 1. The van der Waals surface area contributed by atoms with Gasteiger partial charge in [0.15, 0.2) is 5.65 Å². The molecular weight excluding hydrogens is 422 g/mol. The molecule has 0 radical (unpaired) electrons. The summed E-state index contributed by atoms with van der Waals surface area (Å²) in [7, 11) is 0. The number of carbonyl (C=O) groups excluding carboxylic acids is 1. The molecule has 0 saturated carbocycles. The second-order valence-electron chi connectivity index (χ2n) is 8.95. The highest BCUT2D eigenvalue weighted by molar-refractivity contribution is 6.05. The van der Waals surface area contributed by atoms with E-state index < -0.39 is 11.2 Å². The maximum atomic E-state index is 13.4. The lowest BCUT2D eigenvalue weighted by Gasteiger charge is -2.38. The van der Waals surface area contributed by atoms with E-state index in [1.165, 1.54) is 4.57 Å². The summed E-state index contributed by atoms with van der Waals surface area (Å²) in [5.41, 5.74) is 0.0857. The lowest BCUT2D eigenvalue weighted by Crippen LogP contribution is -2.52. The molecule has 33 heavy (non-hydrogen) atoms. The Hall–Kier alpha value is -2.52. The molecule has 1 aliphatic heterocycles. The molecule has 9 heteroatoms. The number of nitrogens with zero attached hydrogens (tertiary/aromatic N) is 3. The van der Waals surface area contributed by atoms with Crippen molar-refractivity contribution in [2.24, 2.45) is 5.92 Å². The predicted octanol–water partition coefficient (Wildman–Crippen LogP) is 2.09. The van der Waals surface area contributed by atoms with Crippen LogP contribution in [-0.2, 0) is 11.3 Å². The number of fused-ring (bicyclic) bond motifs is 1. The zero-order valence-electron chi connectivity index (χ0n) is 20.4. The molecule has 1 aliphatic rings. The largest absolute Gasteiger partial charge is 0.379 e. The van der Waals surface area contributed by atoms with Gasteiger partial charge in [0.25, 0.3) is 11.5 Å². The van der Waals surface area contributed by atoms with Crippen LogP contribution in [0.2, 0.25) is 0 Å². The van der Waals surface area contributed by atoms with E-state index in [9.17, 15) is 14.4 Å². The summed E-state index contributed by atoms with van der Waals surface area (Å²) in [6.45, 7) is 14.0. The van der Waals surface area contributed by atoms with E-state index >= 15 is 0 Å². The van der Waals surface area contributed by atoms with Crippen LogP contribution in [0.4, 0.5) is 0 Å². The molecule has 1 atom stereocenters. The maximum Gasteiger partial charge on any atom is 0.329 e. The number of amides is 1. The molecule has 0 bridgehead atoms. The molecule has 0 aromatic carbocycles. The van der Waals surface area contributed by atoms with E-state index in [2.05, 4.69) is 34.0 Å². The number of hydrogen-bond acceptors (Lipinski definition) is 6. The fourth-order valence-corrected chi connectivity index (χ4v) is 4.69. The molecule has 1 fully saturated rings. The first-order valence-corrected chi connectivity index (χ1v) is 12.1. The standard InChI is InChI=1S/C24H37N5O4/c1-6-16(7-2)19(28-9-11-33-12-10-28)14-25-22(30)17-13-18(15(4)5)26-21-20(17)23(31)27-24(32)29(21)8-3/h13,15-16,19H,6-12,14H2,1-5H3,(H,25,30)(H,27,31,32). The van der Waals surface area contributed by atoms with Gasteiger partial charge in [-0.3, -0.25) is 24.0 Å². The number of aromatic nitrogens is 3. The number of hydrogen-bond donors (Lipinski definition) is 2. The predicted molar refractivity (Wildman–Crippen MR) is 129 cm³/mol.